The lowest BCUT2D eigenvalue weighted by molar-refractivity contribution is -0.121. The van der Waals surface area contributed by atoms with Crippen molar-refractivity contribution in [1.82, 2.24) is 4.90 Å². The van der Waals surface area contributed by atoms with Crippen LogP contribution < -0.4 is 0 Å². The molecule has 0 spiro atoms. The van der Waals surface area contributed by atoms with Gasteiger partial charge in [-0.05, 0) is 18.4 Å². The number of benzene rings is 1. The summed E-state index contributed by atoms with van der Waals surface area (Å²) in [4.78, 5) is 25.3. The van der Waals surface area contributed by atoms with E-state index in [0.717, 1.165) is 12.0 Å². The molecule has 20 heavy (non-hydrogen) atoms. The Morgan fingerprint density at radius 1 is 1.25 bits per heavy atom. The summed E-state index contributed by atoms with van der Waals surface area (Å²) in [5.41, 5.74) is 0.968. The highest BCUT2D eigenvalue weighted by molar-refractivity contribution is 5.80. The zero-order chi connectivity index (χ0) is 14.5. The van der Waals surface area contributed by atoms with Gasteiger partial charge in [-0.1, -0.05) is 43.7 Å². The van der Waals surface area contributed by atoms with Gasteiger partial charge in [0.25, 0.3) is 0 Å². The normalized spacial score (nSPS) is 21.8. The fourth-order valence-corrected chi connectivity index (χ4v) is 2.71. The number of ether oxygens (including phenoxy) is 1. The Hall–Kier alpha value is -1.84. The van der Waals surface area contributed by atoms with Crippen LogP contribution >= 0.6 is 0 Å². The van der Waals surface area contributed by atoms with Gasteiger partial charge < -0.3 is 9.64 Å². The number of carbonyl (C=O) groups excluding carboxylic acids is 2. The summed E-state index contributed by atoms with van der Waals surface area (Å²) < 4.78 is 5.31. The average molecular weight is 275 g/mol. The van der Waals surface area contributed by atoms with Crippen LogP contribution in [0.15, 0.2) is 30.3 Å². The summed E-state index contributed by atoms with van der Waals surface area (Å²) in [6.45, 7) is 5.04. The lowest BCUT2D eigenvalue weighted by atomic mass is 9.91. The lowest BCUT2D eigenvalue weighted by Gasteiger charge is -2.16. The van der Waals surface area contributed by atoms with E-state index in [-0.39, 0.29) is 30.3 Å². The monoisotopic (exact) mass is 275 g/mol. The molecule has 1 heterocycles. The summed E-state index contributed by atoms with van der Waals surface area (Å²) in [7, 11) is 0. The Morgan fingerprint density at radius 3 is 2.50 bits per heavy atom. The highest BCUT2D eigenvalue weighted by atomic mass is 16.6. The van der Waals surface area contributed by atoms with E-state index in [4.69, 9.17) is 4.74 Å². The molecule has 1 amide bonds. The third-order valence-corrected chi connectivity index (χ3v) is 3.95. The van der Waals surface area contributed by atoms with Crippen molar-refractivity contribution in [3.63, 3.8) is 0 Å². The fourth-order valence-electron chi connectivity index (χ4n) is 2.71. The smallest absolute Gasteiger partial charge is 0.410 e. The zero-order valence-corrected chi connectivity index (χ0v) is 12.0. The van der Waals surface area contributed by atoms with Gasteiger partial charge in [0.15, 0.2) is 0 Å². The lowest BCUT2D eigenvalue weighted by Crippen LogP contribution is -2.30. The average Bonchev–Trinajstić information content (AvgIpc) is 2.90. The molecule has 0 radical (unpaired) electrons. The van der Waals surface area contributed by atoms with Crippen LogP contribution in [0.5, 0.6) is 0 Å². The molecule has 1 aromatic carbocycles. The van der Waals surface area contributed by atoms with Crippen molar-refractivity contribution in [3.05, 3.63) is 35.9 Å². The van der Waals surface area contributed by atoms with Crippen molar-refractivity contribution in [2.75, 3.05) is 13.1 Å². The molecule has 0 N–H and O–H groups in total. The minimum Gasteiger partial charge on any atom is -0.445 e. The number of carbonyl (C=O) groups is 2. The molecule has 1 saturated heterocycles. The van der Waals surface area contributed by atoms with Crippen LogP contribution in [0.2, 0.25) is 0 Å². The number of nitrogens with zero attached hydrogens (tertiary/aromatic N) is 1. The van der Waals surface area contributed by atoms with Crippen molar-refractivity contribution in [3.8, 4) is 0 Å². The molecular weight excluding hydrogens is 254 g/mol. The molecule has 4 heteroatoms. The van der Waals surface area contributed by atoms with Gasteiger partial charge in [-0.15, -0.1) is 0 Å². The highest BCUT2D eigenvalue weighted by Crippen LogP contribution is 2.27. The summed E-state index contributed by atoms with van der Waals surface area (Å²) in [5.74, 6) is 0.385. The maximum atomic E-state index is 12.0. The van der Waals surface area contributed by atoms with Gasteiger partial charge in [0.05, 0.1) is 0 Å². The van der Waals surface area contributed by atoms with Crippen LogP contribution in [-0.2, 0) is 16.1 Å². The van der Waals surface area contributed by atoms with Crippen LogP contribution in [0, 0.1) is 11.8 Å². The van der Waals surface area contributed by atoms with Crippen LogP contribution in [0.4, 0.5) is 4.79 Å². The summed E-state index contributed by atoms with van der Waals surface area (Å²) in [6.07, 6.45) is 0.586. The van der Waals surface area contributed by atoms with Crippen molar-refractivity contribution < 1.29 is 14.3 Å². The predicted octanol–water partition coefficient (Wildman–Crippen LogP) is 2.87. The summed E-state index contributed by atoms with van der Waals surface area (Å²) in [6, 6.07) is 9.60. The third kappa shape index (κ3) is 3.38. The quantitative estimate of drug-likeness (QED) is 0.849. The Bertz CT molecular complexity index is 472. The first-order chi connectivity index (χ1) is 9.61. The third-order valence-electron chi connectivity index (χ3n) is 3.95. The molecule has 0 saturated carbocycles. The molecule has 0 bridgehead atoms. The van der Waals surface area contributed by atoms with E-state index in [1.165, 1.54) is 0 Å². The van der Waals surface area contributed by atoms with Gasteiger partial charge in [0, 0.05) is 19.0 Å². The van der Waals surface area contributed by atoms with Gasteiger partial charge in [0.2, 0.25) is 0 Å². The SMILES string of the molecule is CC[C@@H]1CN(C(=O)OCc2ccccc2)CC1C(C)=O. The molecule has 2 atom stereocenters. The van der Waals surface area contributed by atoms with E-state index < -0.39 is 0 Å². The molecular formula is C16H21NO3. The molecule has 1 aliphatic rings. The van der Waals surface area contributed by atoms with Gasteiger partial charge in [0.1, 0.15) is 12.4 Å². The number of hydrogen-bond donors (Lipinski definition) is 0. The molecule has 0 aromatic heterocycles. The summed E-state index contributed by atoms with van der Waals surface area (Å²) in [5, 5.41) is 0. The fraction of sp³-hybridized carbons (Fsp3) is 0.500. The van der Waals surface area contributed by atoms with Crippen molar-refractivity contribution in [2.24, 2.45) is 11.8 Å². The Morgan fingerprint density at radius 2 is 1.95 bits per heavy atom. The van der Waals surface area contributed by atoms with E-state index in [1.807, 2.05) is 30.3 Å². The van der Waals surface area contributed by atoms with E-state index in [9.17, 15) is 9.59 Å². The second kappa shape index (κ2) is 6.55. The Balaban J connectivity index is 1.89. The first kappa shape index (κ1) is 14.6. The van der Waals surface area contributed by atoms with Crippen LogP contribution in [-0.4, -0.2) is 29.9 Å². The molecule has 1 unspecified atom stereocenters. The minimum atomic E-state index is -0.323. The predicted molar refractivity (Wildman–Crippen MR) is 76.2 cm³/mol. The maximum absolute atomic E-state index is 12.0. The van der Waals surface area contributed by atoms with Gasteiger partial charge in [-0.25, -0.2) is 4.79 Å². The number of amides is 1. The van der Waals surface area contributed by atoms with E-state index in [1.54, 1.807) is 11.8 Å². The number of likely N-dealkylation sites (tertiary alicyclic amines) is 1. The second-order valence-corrected chi connectivity index (χ2v) is 5.33. The molecule has 108 valence electrons. The van der Waals surface area contributed by atoms with Crippen LogP contribution in [0.3, 0.4) is 0 Å². The standard InChI is InChI=1S/C16H21NO3/c1-3-14-9-17(10-15(14)12(2)18)16(19)20-11-13-7-5-4-6-8-13/h4-8,14-15H,3,9-11H2,1-2H3/t14-,15?/m1/s1. The van der Waals surface area contributed by atoms with Crippen molar-refractivity contribution in [1.29, 1.82) is 0 Å². The molecule has 0 aliphatic carbocycles. The first-order valence-corrected chi connectivity index (χ1v) is 7.08. The highest BCUT2D eigenvalue weighted by Gasteiger charge is 2.37. The topological polar surface area (TPSA) is 46.6 Å². The Kier molecular flexibility index (Phi) is 4.77. The first-order valence-electron chi connectivity index (χ1n) is 7.08. The van der Waals surface area contributed by atoms with Crippen LogP contribution in [0.1, 0.15) is 25.8 Å². The molecule has 2 rings (SSSR count). The molecule has 4 nitrogen and oxygen atoms in total. The Labute approximate surface area is 119 Å². The molecule has 1 aliphatic heterocycles. The number of hydrogen-bond acceptors (Lipinski definition) is 3. The number of ketones is 1. The van der Waals surface area contributed by atoms with E-state index in [2.05, 4.69) is 6.92 Å². The largest absolute Gasteiger partial charge is 0.445 e. The van der Waals surface area contributed by atoms with Gasteiger partial charge >= 0.3 is 6.09 Å². The van der Waals surface area contributed by atoms with E-state index in [0.29, 0.717) is 13.1 Å². The van der Waals surface area contributed by atoms with Gasteiger partial charge in [-0.3, -0.25) is 4.79 Å². The number of Topliss-reactive ketones (excluding diaryl/α,β-unsaturated/α-hetero) is 1. The minimum absolute atomic E-state index is 0.0377. The van der Waals surface area contributed by atoms with Crippen LogP contribution in [0.25, 0.3) is 0 Å². The van der Waals surface area contributed by atoms with Crippen molar-refractivity contribution in [2.45, 2.75) is 26.9 Å². The second-order valence-electron chi connectivity index (χ2n) is 5.33. The molecule has 1 aromatic rings. The summed E-state index contributed by atoms with van der Waals surface area (Å²) >= 11 is 0. The number of rotatable bonds is 4. The van der Waals surface area contributed by atoms with Crippen molar-refractivity contribution >= 4 is 11.9 Å². The van der Waals surface area contributed by atoms with Gasteiger partial charge in [-0.2, -0.15) is 0 Å². The zero-order valence-electron chi connectivity index (χ0n) is 12.0. The van der Waals surface area contributed by atoms with E-state index >= 15 is 0 Å². The molecule has 1 fully saturated rings. The maximum Gasteiger partial charge on any atom is 0.410 e.